The number of unbranched alkanes of at least 4 members (excludes halogenated alkanes) is 2. The van der Waals surface area contributed by atoms with Gasteiger partial charge in [0.1, 0.15) is 0 Å². The molecule has 0 spiro atoms. The Balaban J connectivity index is 0.00000220. The highest BCUT2D eigenvalue weighted by molar-refractivity contribution is 5.85. The number of hydrogen-bond acceptors (Lipinski definition) is 3. The highest BCUT2D eigenvalue weighted by atomic mass is 35.5. The van der Waals surface area contributed by atoms with Gasteiger partial charge in [0.15, 0.2) is 0 Å². The van der Waals surface area contributed by atoms with Crippen molar-refractivity contribution >= 4 is 30.7 Å². The summed E-state index contributed by atoms with van der Waals surface area (Å²) >= 11 is 0. The van der Waals surface area contributed by atoms with Gasteiger partial charge in [-0.1, -0.05) is 12.8 Å². The molecule has 2 rings (SSSR count). The van der Waals surface area contributed by atoms with E-state index in [0.29, 0.717) is 12.5 Å². The van der Waals surface area contributed by atoms with E-state index >= 15 is 0 Å². The number of rotatable bonds is 8. The summed E-state index contributed by atoms with van der Waals surface area (Å²) in [5.41, 5.74) is 0. The molecule has 0 radical (unpaired) electrons. The number of hydrogen-bond donors (Lipinski definition) is 2. The third kappa shape index (κ3) is 9.19. The summed E-state index contributed by atoms with van der Waals surface area (Å²) in [6, 6.07) is 0.425. The van der Waals surface area contributed by atoms with E-state index in [1.54, 1.807) is 0 Å². The molecule has 0 aromatic rings. The monoisotopic (exact) mass is 353 g/mol. The van der Waals surface area contributed by atoms with Crippen LogP contribution in [0.2, 0.25) is 0 Å². The Morgan fingerprint density at radius 2 is 1.82 bits per heavy atom. The summed E-state index contributed by atoms with van der Waals surface area (Å²) in [5.74, 6) is 0.223. The Morgan fingerprint density at radius 3 is 2.50 bits per heavy atom. The molecule has 2 fully saturated rings. The SMILES string of the molecule is Cl.Cl.O=C(CC1CCCN1)NCCCCCN1CCCCC1. The fourth-order valence-electron chi connectivity index (χ4n) is 3.27. The number of piperidine rings is 1. The Morgan fingerprint density at radius 1 is 1.05 bits per heavy atom. The fraction of sp³-hybridized carbons (Fsp3) is 0.938. The molecule has 2 heterocycles. The number of nitrogens with one attached hydrogen (secondary N) is 2. The van der Waals surface area contributed by atoms with Crippen LogP contribution in [0.4, 0.5) is 0 Å². The van der Waals surface area contributed by atoms with E-state index in [-0.39, 0.29) is 30.7 Å². The molecule has 6 heteroatoms. The first-order valence-electron chi connectivity index (χ1n) is 8.57. The van der Waals surface area contributed by atoms with Gasteiger partial charge in [-0.15, -0.1) is 24.8 Å². The summed E-state index contributed by atoms with van der Waals surface area (Å²) in [4.78, 5) is 14.3. The molecule has 2 saturated heterocycles. The molecule has 0 aromatic carbocycles. The predicted molar refractivity (Wildman–Crippen MR) is 97.3 cm³/mol. The molecule has 2 N–H and O–H groups in total. The molecule has 1 unspecified atom stereocenters. The van der Waals surface area contributed by atoms with E-state index in [1.165, 1.54) is 58.2 Å². The molecular formula is C16H33Cl2N3O. The first-order valence-corrected chi connectivity index (χ1v) is 8.57. The summed E-state index contributed by atoms with van der Waals surface area (Å²) in [5, 5.41) is 6.42. The van der Waals surface area contributed by atoms with E-state index in [0.717, 1.165) is 25.9 Å². The number of nitrogens with zero attached hydrogens (tertiary/aromatic N) is 1. The van der Waals surface area contributed by atoms with Crippen LogP contribution < -0.4 is 10.6 Å². The molecule has 1 amide bonds. The van der Waals surface area contributed by atoms with Crippen LogP contribution in [0.15, 0.2) is 0 Å². The average Bonchev–Trinajstić information content (AvgIpc) is 2.96. The van der Waals surface area contributed by atoms with Crippen molar-refractivity contribution in [1.82, 2.24) is 15.5 Å². The van der Waals surface area contributed by atoms with Crippen LogP contribution in [0.3, 0.4) is 0 Å². The normalized spacial score (nSPS) is 21.7. The van der Waals surface area contributed by atoms with Gasteiger partial charge < -0.3 is 15.5 Å². The van der Waals surface area contributed by atoms with Crippen molar-refractivity contribution in [3.8, 4) is 0 Å². The van der Waals surface area contributed by atoms with Gasteiger partial charge in [0, 0.05) is 19.0 Å². The highest BCUT2D eigenvalue weighted by Gasteiger charge is 2.17. The molecule has 4 nitrogen and oxygen atoms in total. The number of halogens is 2. The first-order chi connectivity index (χ1) is 9.84. The van der Waals surface area contributed by atoms with Crippen LogP contribution in [-0.4, -0.2) is 49.6 Å². The zero-order valence-electron chi connectivity index (χ0n) is 13.6. The van der Waals surface area contributed by atoms with E-state index in [2.05, 4.69) is 15.5 Å². The van der Waals surface area contributed by atoms with Gasteiger partial charge in [-0.2, -0.15) is 0 Å². The number of likely N-dealkylation sites (tertiary alicyclic amines) is 1. The maximum Gasteiger partial charge on any atom is 0.221 e. The van der Waals surface area contributed by atoms with Gasteiger partial charge in [0.25, 0.3) is 0 Å². The van der Waals surface area contributed by atoms with E-state index in [1.807, 2.05) is 0 Å². The summed E-state index contributed by atoms with van der Waals surface area (Å²) in [6.45, 7) is 5.77. The Kier molecular flexibility index (Phi) is 13.4. The van der Waals surface area contributed by atoms with Crippen LogP contribution in [0, 0.1) is 0 Å². The molecule has 132 valence electrons. The van der Waals surface area contributed by atoms with Crippen molar-refractivity contribution in [2.24, 2.45) is 0 Å². The lowest BCUT2D eigenvalue weighted by Gasteiger charge is -2.26. The van der Waals surface area contributed by atoms with E-state index in [4.69, 9.17) is 0 Å². The maximum atomic E-state index is 11.7. The lowest BCUT2D eigenvalue weighted by molar-refractivity contribution is -0.121. The molecule has 2 aliphatic rings. The molecule has 2 aliphatic heterocycles. The summed E-state index contributed by atoms with van der Waals surface area (Å²) in [7, 11) is 0. The lowest BCUT2D eigenvalue weighted by atomic mass is 10.1. The minimum Gasteiger partial charge on any atom is -0.356 e. The minimum absolute atomic E-state index is 0. The topological polar surface area (TPSA) is 44.4 Å². The minimum atomic E-state index is 0. The second-order valence-corrected chi connectivity index (χ2v) is 6.31. The van der Waals surface area contributed by atoms with Crippen LogP contribution in [-0.2, 0) is 4.79 Å². The number of amides is 1. The largest absolute Gasteiger partial charge is 0.356 e. The predicted octanol–water partition coefficient (Wildman–Crippen LogP) is 2.74. The van der Waals surface area contributed by atoms with Gasteiger partial charge in [-0.25, -0.2) is 0 Å². The zero-order chi connectivity index (χ0) is 14.0. The third-order valence-electron chi connectivity index (χ3n) is 4.52. The molecule has 1 atom stereocenters. The van der Waals surface area contributed by atoms with Crippen LogP contribution >= 0.6 is 24.8 Å². The zero-order valence-corrected chi connectivity index (χ0v) is 15.3. The average molecular weight is 354 g/mol. The molecule has 0 aromatic heterocycles. The quantitative estimate of drug-likeness (QED) is 0.659. The standard InChI is InChI=1S/C16H31N3O.2ClH/c20-16(14-15-8-7-10-17-15)18-9-3-1-4-11-19-12-5-2-6-13-19;;/h15,17H,1-14H2,(H,18,20);2*1H. The lowest BCUT2D eigenvalue weighted by Crippen LogP contribution is -2.32. The van der Waals surface area contributed by atoms with Gasteiger partial charge in [0.05, 0.1) is 0 Å². The van der Waals surface area contributed by atoms with E-state index < -0.39 is 0 Å². The van der Waals surface area contributed by atoms with Gasteiger partial charge in [0.2, 0.25) is 5.91 Å². The first kappa shape index (κ1) is 22.0. The van der Waals surface area contributed by atoms with Crippen LogP contribution in [0.25, 0.3) is 0 Å². The van der Waals surface area contributed by atoms with Crippen LogP contribution in [0.5, 0.6) is 0 Å². The third-order valence-corrected chi connectivity index (χ3v) is 4.52. The molecular weight excluding hydrogens is 321 g/mol. The summed E-state index contributed by atoms with van der Waals surface area (Å²) < 4.78 is 0. The maximum absolute atomic E-state index is 11.7. The molecule has 0 aliphatic carbocycles. The summed E-state index contributed by atoms with van der Waals surface area (Å²) in [6.07, 6.45) is 10.8. The molecule has 0 saturated carbocycles. The number of carbonyl (C=O) groups excluding carboxylic acids is 1. The van der Waals surface area contributed by atoms with Gasteiger partial charge in [-0.05, 0) is 64.7 Å². The van der Waals surface area contributed by atoms with Crippen molar-refractivity contribution in [1.29, 1.82) is 0 Å². The van der Waals surface area contributed by atoms with E-state index in [9.17, 15) is 4.79 Å². The highest BCUT2D eigenvalue weighted by Crippen LogP contribution is 2.10. The van der Waals surface area contributed by atoms with Crippen molar-refractivity contribution in [2.45, 2.75) is 63.8 Å². The van der Waals surface area contributed by atoms with Crippen LogP contribution in [0.1, 0.15) is 57.8 Å². The van der Waals surface area contributed by atoms with Crippen molar-refractivity contribution in [2.75, 3.05) is 32.7 Å². The molecule has 0 bridgehead atoms. The van der Waals surface area contributed by atoms with Gasteiger partial charge >= 0.3 is 0 Å². The smallest absolute Gasteiger partial charge is 0.221 e. The molecule has 22 heavy (non-hydrogen) atoms. The Bertz CT molecular complexity index is 281. The van der Waals surface area contributed by atoms with Crippen molar-refractivity contribution in [3.05, 3.63) is 0 Å². The number of carbonyl (C=O) groups is 1. The second kappa shape index (κ2) is 13.4. The fourth-order valence-corrected chi connectivity index (χ4v) is 3.27. The Labute approximate surface area is 148 Å². The van der Waals surface area contributed by atoms with Crippen molar-refractivity contribution < 1.29 is 4.79 Å². The Hall–Kier alpha value is -0.0300. The van der Waals surface area contributed by atoms with Gasteiger partial charge in [-0.3, -0.25) is 4.79 Å². The second-order valence-electron chi connectivity index (χ2n) is 6.31. The van der Waals surface area contributed by atoms with Crippen molar-refractivity contribution in [3.63, 3.8) is 0 Å².